The van der Waals surface area contributed by atoms with Gasteiger partial charge in [0, 0.05) is 50.6 Å². The maximum Gasteiger partial charge on any atom is 0.227 e. The van der Waals surface area contributed by atoms with Crippen LogP contribution in [-0.4, -0.2) is 67.1 Å². The van der Waals surface area contributed by atoms with E-state index in [0.29, 0.717) is 30.1 Å². The first kappa shape index (κ1) is 22.1. The van der Waals surface area contributed by atoms with Gasteiger partial charge in [-0.1, -0.05) is 24.4 Å². The van der Waals surface area contributed by atoms with Gasteiger partial charge in [-0.05, 0) is 49.2 Å². The topological polar surface area (TPSA) is 88.5 Å². The van der Waals surface area contributed by atoms with Crippen molar-refractivity contribution < 1.29 is 8.91 Å². The third-order valence-corrected chi connectivity index (χ3v) is 7.18. The molecule has 10 heteroatoms. The number of rotatable bonds is 6. The van der Waals surface area contributed by atoms with Gasteiger partial charge in [-0.3, -0.25) is 4.90 Å². The predicted molar refractivity (Wildman–Crippen MR) is 129 cm³/mol. The third kappa shape index (κ3) is 4.75. The molecule has 0 bridgehead atoms. The van der Waals surface area contributed by atoms with Crippen LogP contribution in [0.3, 0.4) is 0 Å². The summed E-state index contributed by atoms with van der Waals surface area (Å²) in [4.78, 5) is 9.46. The van der Waals surface area contributed by atoms with Crippen molar-refractivity contribution in [3.05, 3.63) is 53.9 Å². The second-order valence-corrected chi connectivity index (χ2v) is 9.41. The maximum atomic E-state index is 13.2. The molecule has 4 aromatic rings. The standard InChI is InChI=1S/C25H29FN8O/c26-19-8-6-18(7-9-19)25-27-24(35-31-25)13-12-22-29-28-21-10-11-23(30-34(21)22)33-16-14-32(15-17-33)20-4-2-1-3-5-20/h6-11,20H,1-5,12-17H2. The summed E-state index contributed by atoms with van der Waals surface area (Å²) < 4.78 is 20.4. The van der Waals surface area contributed by atoms with Crippen LogP contribution in [0, 0.1) is 5.82 Å². The van der Waals surface area contributed by atoms with Crippen molar-refractivity contribution in [1.29, 1.82) is 0 Å². The summed E-state index contributed by atoms with van der Waals surface area (Å²) in [5, 5.41) is 17.5. The summed E-state index contributed by atoms with van der Waals surface area (Å²) in [6, 6.07) is 10.8. The predicted octanol–water partition coefficient (Wildman–Crippen LogP) is 3.55. The van der Waals surface area contributed by atoms with Crippen LogP contribution < -0.4 is 4.90 Å². The fourth-order valence-corrected chi connectivity index (χ4v) is 5.20. The number of nitrogens with zero attached hydrogens (tertiary/aromatic N) is 8. The van der Waals surface area contributed by atoms with Crippen molar-refractivity contribution >= 4 is 11.5 Å². The van der Waals surface area contributed by atoms with E-state index in [1.807, 2.05) is 16.6 Å². The smallest absolute Gasteiger partial charge is 0.227 e. The minimum atomic E-state index is -0.297. The Bertz CT molecular complexity index is 1270. The van der Waals surface area contributed by atoms with E-state index in [-0.39, 0.29) is 5.82 Å². The molecular formula is C25H29FN8O. The average molecular weight is 477 g/mol. The number of hydrogen-bond donors (Lipinski definition) is 0. The van der Waals surface area contributed by atoms with Crippen LogP contribution in [0.1, 0.15) is 43.8 Å². The van der Waals surface area contributed by atoms with E-state index in [1.165, 1.54) is 44.2 Å². The highest BCUT2D eigenvalue weighted by Gasteiger charge is 2.26. The molecule has 1 saturated carbocycles. The highest BCUT2D eigenvalue weighted by atomic mass is 19.1. The molecule has 4 heterocycles. The van der Waals surface area contributed by atoms with Crippen LogP contribution in [-0.2, 0) is 12.8 Å². The minimum absolute atomic E-state index is 0.297. The van der Waals surface area contributed by atoms with Gasteiger partial charge in [0.05, 0.1) is 0 Å². The van der Waals surface area contributed by atoms with Crippen molar-refractivity contribution in [2.45, 2.75) is 51.0 Å². The zero-order valence-corrected chi connectivity index (χ0v) is 19.7. The normalized spacial score (nSPS) is 17.9. The Balaban J connectivity index is 1.11. The molecule has 1 aromatic carbocycles. The van der Waals surface area contributed by atoms with Gasteiger partial charge >= 0.3 is 0 Å². The molecule has 0 unspecified atom stereocenters. The lowest BCUT2D eigenvalue weighted by Gasteiger charge is -2.41. The third-order valence-electron chi connectivity index (χ3n) is 7.18. The minimum Gasteiger partial charge on any atom is -0.353 e. The molecule has 3 aromatic heterocycles. The van der Waals surface area contributed by atoms with Crippen molar-refractivity contribution in [2.75, 3.05) is 31.1 Å². The molecule has 0 spiro atoms. The molecule has 2 aliphatic rings. The molecule has 35 heavy (non-hydrogen) atoms. The van der Waals surface area contributed by atoms with E-state index < -0.39 is 0 Å². The monoisotopic (exact) mass is 476 g/mol. The van der Waals surface area contributed by atoms with E-state index in [1.54, 1.807) is 12.1 Å². The van der Waals surface area contributed by atoms with Gasteiger partial charge in [-0.15, -0.1) is 15.3 Å². The first-order valence-electron chi connectivity index (χ1n) is 12.5. The van der Waals surface area contributed by atoms with E-state index >= 15 is 0 Å². The SMILES string of the molecule is Fc1ccc(-c2noc(CCc3nnc4ccc(N5CCN(C6CCCCC6)CC5)nn34)n2)cc1. The molecule has 1 saturated heterocycles. The Hall–Kier alpha value is -3.40. The summed E-state index contributed by atoms with van der Waals surface area (Å²) in [6.45, 7) is 4.15. The second kappa shape index (κ2) is 9.69. The van der Waals surface area contributed by atoms with Crippen LogP contribution in [0.25, 0.3) is 17.0 Å². The second-order valence-electron chi connectivity index (χ2n) is 9.41. The van der Waals surface area contributed by atoms with Crippen LogP contribution in [0.4, 0.5) is 10.2 Å². The molecule has 0 amide bonds. The largest absolute Gasteiger partial charge is 0.353 e. The summed E-state index contributed by atoms with van der Waals surface area (Å²) in [7, 11) is 0. The van der Waals surface area contributed by atoms with E-state index in [2.05, 4.69) is 30.1 Å². The molecule has 6 rings (SSSR count). The summed E-state index contributed by atoms with van der Waals surface area (Å²) in [6.07, 6.45) is 7.91. The molecule has 2 fully saturated rings. The number of piperazine rings is 1. The van der Waals surface area contributed by atoms with Gasteiger partial charge in [0.25, 0.3) is 0 Å². The number of hydrogen-bond acceptors (Lipinski definition) is 8. The average Bonchev–Trinajstić information content (AvgIpc) is 3.55. The van der Waals surface area contributed by atoms with Crippen molar-refractivity contribution in [3.8, 4) is 11.4 Å². The molecule has 0 atom stereocenters. The summed E-state index contributed by atoms with van der Waals surface area (Å²) in [5.41, 5.74) is 1.44. The van der Waals surface area contributed by atoms with E-state index in [0.717, 1.165) is 49.5 Å². The zero-order chi connectivity index (χ0) is 23.6. The fraction of sp³-hybridized carbons (Fsp3) is 0.480. The van der Waals surface area contributed by atoms with Gasteiger partial charge in [0.15, 0.2) is 11.5 Å². The van der Waals surface area contributed by atoms with Gasteiger partial charge in [0.1, 0.15) is 11.6 Å². The molecule has 9 nitrogen and oxygen atoms in total. The highest BCUT2D eigenvalue weighted by Crippen LogP contribution is 2.25. The zero-order valence-electron chi connectivity index (χ0n) is 19.7. The highest BCUT2D eigenvalue weighted by molar-refractivity contribution is 5.53. The van der Waals surface area contributed by atoms with Crippen molar-refractivity contribution in [3.63, 3.8) is 0 Å². The summed E-state index contributed by atoms with van der Waals surface area (Å²) in [5.74, 6) is 2.35. The van der Waals surface area contributed by atoms with Crippen LogP contribution >= 0.6 is 0 Å². The Labute approximate surface area is 202 Å². The van der Waals surface area contributed by atoms with E-state index in [9.17, 15) is 4.39 Å². The summed E-state index contributed by atoms with van der Waals surface area (Å²) >= 11 is 0. The molecule has 1 aliphatic heterocycles. The number of anilines is 1. The van der Waals surface area contributed by atoms with Gasteiger partial charge in [-0.25, -0.2) is 4.39 Å². The fourth-order valence-electron chi connectivity index (χ4n) is 5.20. The van der Waals surface area contributed by atoms with E-state index in [4.69, 9.17) is 9.62 Å². The number of halogens is 1. The van der Waals surface area contributed by atoms with Crippen LogP contribution in [0.15, 0.2) is 40.9 Å². The molecule has 1 aliphatic carbocycles. The Kier molecular flexibility index (Phi) is 6.12. The number of fused-ring (bicyclic) bond motifs is 1. The van der Waals surface area contributed by atoms with Crippen molar-refractivity contribution in [1.82, 2.24) is 34.9 Å². The first-order chi connectivity index (χ1) is 17.2. The molecular weight excluding hydrogens is 447 g/mol. The molecule has 0 radical (unpaired) electrons. The van der Waals surface area contributed by atoms with Crippen molar-refractivity contribution in [2.24, 2.45) is 0 Å². The Morgan fingerprint density at radius 1 is 0.886 bits per heavy atom. The Morgan fingerprint density at radius 3 is 2.49 bits per heavy atom. The van der Waals surface area contributed by atoms with Crippen LogP contribution in [0.2, 0.25) is 0 Å². The lowest BCUT2D eigenvalue weighted by atomic mass is 9.94. The van der Waals surface area contributed by atoms with Gasteiger partial charge < -0.3 is 9.42 Å². The molecule has 182 valence electrons. The van der Waals surface area contributed by atoms with Gasteiger partial charge in [0.2, 0.25) is 11.7 Å². The maximum absolute atomic E-state index is 13.2. The molecule has 0 N–H and O–H groups in total. The lowest BCUT2D eigenvalue weighted by Crippen LogP contribution is -2.51. The number of benzene rings is 1. The van der Waals surface area contributed by atoms with Gasteiger partial charge in [-0.2, -0.15) is 9.50 Å². The quantitative estimate of drug-likeness (QED) is 0.418. The Morgan fingerprint density at radius 2 is 1.69 bits per heavy atom. The number of aromatic nitrogens is 6. The lowest BCUT2D eigenvalue weighted by molar-refractivity contribution is 0.147. The van der Waals surface area contributed by atoms with Crippen LogP contribution in [0.5, 0.6) is 0 Å². The number of aryl methyl sites for hydroxylation is 2. The first-order valence-corrected chi connectivity index (χ1v) is 12.5.